The van der Waals surface area contributed by atoms with E-state index in [2.05, 4.69) is 42.6 Å². The fourth-order valence-corrected chi connectivity index (χ4v) is 2.86. The van der Waals surface area contributed by atoms with Crippen LogP contribution in [-0.4, -0.2) is 6.04 Å². The highest BCUT2D eigenvalue weighted by atomic mass is 14.9. The Balaban J connectivity index is 1.98. The van der Waals surface area contributed by atoms with Crippen molar-refractivity contribution in [3.05, 3.63) is 29.8 Å². The van der Waals surface area contributed by atoms with Gasteiger partial charge in [0.2, 0.25) is 0 Å². The molecule has 1 N–H and O–H groups in total. The average Bonchev–Trinajstić information content (AvgIpc) is 2.87. The van der Waals surface area contributed by atoms with Crippen LogP contribution in [0.25, 0.3) is 0 Å². The van der Waals surface area contributed by atoms with E-state index in [4.69, 9.17) is 5.26 Å². The molecule has 2 nitrogen and oxygen atoms in total. The Labute approximate surface area is 116 Å². The van der Waals surface area contributed by atoms with Crippen molar-refractivity contribution >= 4 is 5.69 Å². The molecule has 102 valence electrons. The Morgan fingerprint density at radius 2 is 1.95 bits per heavy atom. The molecule has 0 heterocycles. The zero-order valence-electron chi connectivity index (χ0n) is 12.2. The summed E-state index contributed by atoms with van der Waals surface area (Å²) >= 11 is 0. The maximum Gasteiger partial charge on any atom is 0.0766 e. The molecule has 1 aliphatic rings. The monoisotopic (exact) mass is 256 g/mol. The minimum atomic E-state index is -0.404. The van der Waals surface area contributed by atoms with Gasteiger partial charge >= 0.3 is 0 Å². The summed E-state index contributed by atoms with van der Waals surface area (Å²) in [5.74, 6) is 0.897. The van der Waals surface area contributed by atoms with Crippen LogP contribution in [0.1, 0.15) is 52.0 Å². The molecule has 1 aromatic carbocycles. The zero-order valence-corrected chi connectivity index (χ0v) is 12.2. The second-order valence-electron chi connectivity index (χ2n) is 6.24. The van der Waals surface area contributed by atoms with Gasteiger partial charge in [0.05, 0.1) is 11.5 Å². The Hall–Kier alpha value is -1.49. The number of anilines is 1. The molecule has 2 heteroatoms. The number of nitrogens with zero attached hydrogens (tertiary/aromatic N) is 1. The minimum Gasteiger partial charge on any atom is -0.382 e. The van der Waals surface area contributed by atoms with Crippen LogP contribution in [0, 0.1) is 17.2 Å². The van der Waals surface area contributed by atoms with Gasteiger partial charge in [-0.3, -0.25) is 0 Å². The highest BCUT2D eigenvalue weighted by Crippen LogP contribution is 2.30. The van der Waals surface area contributed by atoms with Crippen molar-refractivity contribution in [2.45, 2.75) is 57.9 Å². The van der Waals surface area contributed by atoms with Gasteiger partial charge in [0.15, 0.2) is 0 Å². The molecule has 2 atom stereocenters. The predicted octanol–water partition coefficient (Wildman–Crippen LogP) is 4.48. The van der Waals surface area contributed by atoms with Crippen LogP contribution < -0.4 is 5.32 Å². The Morgan fingerprint density at radius 3 is 2.47 bits per heavy atom. The van der Waals surface area contributed by atoms with Gasteiger partial charge in [0.1, 0.15) is 0 Å². The minimum absolute atomic E-state index is 0.404. The van der Waals surface area contributed by atoms with Crippen LogP contribution in [0.5, 0.6) is 0 Å². The Kier molecular flexibility index (Phi) is 4.14. The quantitative estimate of drug-likeness (QED) is 0.862. The molecule has 0 spiro atoms. The first-order valence-corrected chi connectivity index (χ1v) is 7.33. The molecular weight excluding hydrogens is 232 g/mol. The molecule has 0 amide bonds. The standard InChI is InChI=1S/C17H24N2/c1-4-13-5-8-16(11-13)19-15-9-6-14(7-10-15)17(2,3)12-18/h6-7,9-10,13,16,19H,4-5,8,11H2,1-3H3. The molecule has 1 saturated carbocycles. The molecule has 0 radical (unpaired) electrons. The molecule has 0 aromatic heterocycles. The molecule has 1 fully saturated rings. The fraction of sp³-hybridized carbons (Fsp3) is 0.588. The SMILES string of the molecule is CCC1CCC(Nc2ccc(C(C)(C)C#N)cc2)C1. The number of nitrogens with one attached hydrogen (secondary N) is 1. The van der Waals surface area contributed by atoms with E-state index in [0.29, 0.717) is 6.04 Å². The van der Waals surface area contributed by atoms with Crippen molar-refractivity contribution in [1.82, 2.24) is 0 Å². The number of nitriles is 1. The van der Waals surface area contributed by atoms with Crippen molar-refractivity contribution in [2.24, 2.45) is 5.92 Å². The van der Waals surface area contributed by atoms with E-state index in [0.717, 1.165) is 11.5 Å². The van der Waals surface area contributed by atoms with Gasteiger partial charge in [-0.2, -0.15) is 5.26 Å². The van der Waals surface area contributed by atoms with Crippen molar-refractivity contribution in [3.8, 4) is 6.07 Å². The first kappa shape index (κ1) is 13.9. The smallest absolute Gasteiger partial charge is 0.0766 e. The van der Waals surface area contributed by atoms with Crippen LogP contribution in [0.15, 0.2) is 24.3 Å². The zero-order chi connectivity index (χ0) is 13.9. The third-order valence-corrected chi connectivity index (χ3v) is 4.38. The fourth-order valence-electron chi connectivity index (χ4n) is 2.86. The number of hydrogen-bond acceptors (Lipinski definition) is 2. The van der Waals surface area contributed by atoms with Gasteiger partial charge in [-0.1, -0.05) is 25.5 Å². The number of hydrogen-bond donors (Lipinski definition) is 1. The lowest BCUT2D eigenvalue weighted by molar-refractivity contribution is 0.525. The summed E-state index contributed by atoms with van der Waals surface area (Å²) in [7, 11) is 0. The molecule has 2 unspecified atom stereocenters. The Morgan fingerprint density at radius 1 is 1.26 bits per heavy atom. The molecule has 0 saturated heterocycles. The van der Waals surface area contributed by atoms with Crippen molar-refractivity contribution in [2.75, 3.05) is 5.32 Å². The predicted molar refractivity (Wildman–Crippen MR) is 80.1 cm³/mol. The third kappa shape index (κ3) is 3.29. The molecule has 0 aliphatic heterocycles. The van der Waals surface area contributed by atoms with Gasteiger partial charge < -0.3 is 5.32 Å². The van der Waals surface area contributed by atoms with Crippen LogP contribution in [-0.2, 0) is 5.41 Å². The molecule has 1 aromatic rings. The van der Waals surface area contributed by atoms with Crippen LogP contribution >= 0.6 is 0 Å². The van der Waals surface area contributed by atoms with Crippen LogP contribution in [0.4, 0.5) is 5.69 Å². The maximum absolute atomic E-state index is 9.14. The lowest BCUT2D eigenvalue weighted by atomic mass is 9.86. The van der Waals surface area contributed by atoms with Crippen molar-refractivity contribution < 1.29 is 0 Å². The molecule has 1 aliphatic carbocycles. The van der Waals surface area contributed by atoms with E-state index >= 15 is 0 Å². The third-order valence-electron chi connectivity index (χ3n) is 4.38. The van der Waals surface area contributed by atoms with Gasteiger partial charge in [-0.05, 0) is 56.7 Å². The van der Waals surface area contributed by atoms with E-state index in [1.807, 2.05) is 13.8 Å². The van der Waals surface area contributed by atoms with E-state index in [-0.39, 0.29) is 0 Å². The lowest BCUT2D eigenvalue weighted by Crippen LogP contribution is -2.16. The summed E-state index contributed by atoms with van der Waals surface area (Å²) < 4.78 is 0. The van der Waals surface area contributed by atoms with E-state index in [1.54, 1.807) is 0 Å². The largest absolute Gasteiger partial charge is 0.382 e. The maximum atomic E-state index is 9.14. The van der Waals surface area contributed by atoms with E-state index in [1.165, 1.54) is 31.4 Å². The van der Waals surface area contributed by atoms with Gasteiger partial charge in [0.25, 0.3) is 0 Å². The Bertz CT molecular complexity index is 453. The van der Waals surface area contributed by atoms with Gasteiger partial charge in [-0.15, -0.1) is 0 Å². The van der Waals surface area contributed by atoms with Gasteiger partial charge in [0, 0.05) is 11.7 Å². The van der Waals surface area contributed by atoms with E-state index < -0.39 is 5.41 Å². The number of benzene rings is 1. The van der Waals surface area contributed by atoms with Gasteiger partial charge in [-0.25, -0.2) is 0 Å². The average molecular weight is 256 g/mol. The highest BCUT2D eigenvalue weighted by molar-refractivity contribution is 5.47. The second kappa shape index (κ2) is 5.65. The highest BCUT2D eigenvalue weighted by Gasteiger charge is 2.23. The summed E-state index contributed by atoms with van der Waals surface area (Å²) in [5.41, 5.74) is 1.86. The molecule has 2 rings (SSSR count). The summed E-state index contributed by atoms with van der Waals surface area (Å²) in [6.45, 7) is 6.20. The summed E-state index contributed by atoms with van der Waals surface area (Å²) in [4.78, 5) is 0. The second-order valence-corrected chi connectivity index (χ2v) is 6.24. The summed E-state index contributed by atoms with van der Waals surface area (Å²) in [5, 5.41) is 12.8. The topological polar surface area (TPSA) is 35.8 Å². The summed E-state index contributed by atoms with van der Waals surface area (Å²) in [6, 6.07) is 11.3. The van der Waals surface area contributed by atoms with E-state index in [9.17, 15) is 0 Å². The van der Waals surface area contributed by atoms with Crippen molar-refractivity contribution in [1.29, 1.82) is 5.26 Å². The van der Waals surface area contributed by atoms with Crippen LogP contribution in [0.3, 0.4) is 0 Å². The molecule has 0 bridgehead atoms. The number of rotatable bonds is 4. The first-order chi connectivity index (χ1) is 9.05. The first-order valence-electron chi connectivity index (χ1n) is 7.33. The molecule has 19 heavy (non-hydrogen) atoms. The lowest BCUT2D eigenvalue weighted by Gasteiger charge is -2.18. The summed E-state index contributed by atoms with van der Waals surface area (Å²) in [6.07, 6.45) is 5.23. The van der Waals surface area contributed by atoms with Crippen molar-refractivity contribution in [3.63, 3.8) is 0 Å². The molecular formula is C17H24N2. The normalized spacial score (nSPS) is 23.1. The van der Waals surface area contributed by atoms with Crippen LogP contribution in [0.2, 0.25) is 0 Å².